The maximum Gasteiger partial charge on any atom is 0.116 e. The molecule has 0 saturated heterocycles. The molecule has 2 unspecified atom stereocenters. The summed E-state index contributed by atoms with van der Waals surface area (Å²) in [5.74, 6) is 0. The number of nitrogens with zero attached hydrogens (tertiary/aromatic N) is 3. The largest absolute Gasteiger partial charge is 0.499 e. The Morgan fingerprint density at radius 2 is 2.64 bits per heavy atom. The molecule has 0 bridgehead atoms. The fourth-order valence-electron chi connectivity index (χ4n) is 0.858. The molecular weight excluding hydrogens is 146 g/mol. The van der Waals surface area contributed by atoms with Crippen molar-refractivity contribution in [2.24, 2.45) is 5.11 Å². The van der Waals surface area contributed by atoms with E-state index in [0.717, 1.165) is 0 Å². The third-order valence-corrected chi connectivity index (χ3v) is 1.55. The quantitative estimate of drug-likeness (QED) is 0.347. The molecule has 1 aliphatic rings. The first-order valence-corrected chi connectivity index (χ1v) is 3.22. The highest BCUT2D eigenvalue weighted by Gasteiger charge is 2.32. The molecule has 11 heavy (non-hydrogen) atoms. The van der Waals surface area contributed by atoms with Gasteiger partial charge in [0, 0.05) is 4.91 Å². The maximum absolute atomic E-state index is 9.52. The van der Waals surface area contributed by atoms with Crippen molar-refractivity contribution >= 4 is 0 Å². The summed E-state index contributed by atoms with van der Waals surface area (Å²) < 4.78 is 4.85. The van der Waals surface area contributed by atoms with Gasteiger partial charge < -0.3 is 9.84 Å². The Kier molecular flexibility index (Phi) is 2.03. The van der Waals surface area contributed by atoms with Gasteiger partial charge in [-0.05, 0) is 18.5 Å². The van der Waals surface area contributed by atoms with Gasteiger partial charge in [0.2, 0.25) is 0 Å². The first kappa shape index (κ1) is 7.91. The lowest BCUT2D eigenvalue weighted by molar-refractivity contribution is -0.0251. The predicted molar refractivity (Wildman–Crippen MR) is 38.6 cm³/mol. The van der Waals surface area contributed by atoms with Crippen molar-refractivity contribution in [1.29, 1.82) is 0 Å². The molecule has 0 radical (unpaired) electrons. The molecule has 0 amide bonds. The van der Waals surface area contributed by atoms with Gasteiger partial charge >= 0.3 is 0 Å². The number of rotatable bonds is 1. The Balaban J connectivity index is 2.81. The Morgan fingerprint density at radius 3 is 3.18 bits per heavy atom. The van der Waals surface area contributed by atoms with E-state index in [1.807, 2.05) is 0 Å². The summed E-state index contributed by atoms with van der Waals surface area (Å²) >= 11 is 0. The van der Waals surface area contributed by atoms with E-state index in [1.165, 1.54) is 12.3 Å². The van der Waals surface area contributed by atoms with Crippen LogP contribution in [0.3, 0.4) is 0 Å². The van der Waals surface area contributed by atoms with E-state index < -0.39 is 11.6 Å². The molecule has 0 spiro atoms. The molecule has 0 aromatic rings. The van der Waals surface area contributed by atoms with Crippen LogP contribution in [0.1, 0.15) is 6.92 Å². The molecular formula is C6H9N3O2. The molecule has 1 N–H and O–H groups in total. The van der Waals surface area contributed by atoms with Crippen LogP contribution in [0.4, 0.5) is 0 Å². The fraction of sp³-hybridized carbons (Fsp3) is 0.667. The summed E-state index contributed by atoms with van der Waals surface area (Å²) in [6.45, 7) is 1.73. The van der Waals surface area contributed by atoms with Crippen molar-refractivity contribution in [3.63, 3.8) is 0 Å². The van der Waals surface area contributed by atoms with E-state index in [2.05, 4.69) is 10.0 Å². The lowest BCUT2D eigenvalue weighted by atomic mass is 9.97. The Morgan fingerprint density at radius 1 is 1.91 bits per heavy atom. The summed E-state index contributed by atoms with van der Waals surface area (Å²) in [4.78, 5) is 2.61. The number of hydrogen-bond acceptors (Lipinski definition) is 3. The molecule has 0 fully saturated rings. The van der Waals surface area contributed by atoms with E-state index in [4.69, 9.17) is 10.3 Å². The van der Waals surface area contributed by atoms with Crippen molar-refractivity contribution in [2.45, 2.75) is 18.6 Å². The van der Waals surface area contributed by atoms with E-state index in [0.29, 0.717) is 0 Å². The molecule has 1 rings (SSSR count). The number of ether oxygens (including phenoxy) is 1. The van der Waals surface area contributed by atoms with Gasteiger partial charge in [0.15, 0.2) is 0 Å². The van der Waals surface area contributed by atoms with E-state index in [9.17, 15) is 5.11 Å². The van der Waals surface area contributed by atoms with Crippen LogP contribution in [0.15, 0.2) is 17.5 Å². The second kappa shape index (κ2) is 2.82. The maximum atomic E-state index is 9.52. The van der Waals surface area contributed by atoms with Crippen LogP contribution in [0.5, 0.6) is 0 Å². The topological polar surface area (TPSA) is 78.2 Å². The summed E-state index contributed by atoms with van der Waals surface area (Å²) in [6.07, 6.45) is 2.96. The van der Waals surface area contributed by atoms with Crippen molar-refractivity contribution in [2.75, 3.05) is 6.61 Å². The van der Waals surface area contributed by atoms with Crippen molar-refractivity contribution < 1.29 is 9.84 Å². The van der Waals surface area contributed by atoms with Crippen LogP contribution in [-0.4, -0.2) is 23.4 Å². The molecule has 0 saturated carbocycles. The van der Waals surface area contributed by atoms with Gasteiger partial charge in [0.25, 0.3) is 0 Å². The zero-order chi connectivity index (χ0) is 8.32. The molecule has 5 nitrogen and oxygen atoms in total. The molecule has 0 aromatic carbocycles. The third-order valence-electron chi connectivity index (χ3n) is 1.55. The second-order valence-electron chi connectivity index (χ2n) is 2.65. The van der Waals surface area contributed by atoms with Crippen molar-refractivity contribution in [1.82, 2.24) is 0 Å². The lowest BCUT2D eigenvalue weighted by Gasteiger charge is -2.29. The summed E-state index contributed by atoms with van der Waals surface area (Å²) in [6, 6.07) is -0.527. The third kappa shape index (κ3) is 1.63. The van der Waals surface area contributed by atoms with Gasteiger partial charge in [-0.2, -0.15) is 0 Å². The molecule has 1 heterocycles. The minimum atomic E-state index is -1.08. The Bertz CT molecular complexity index is 218. The van der Waals surface area contributed by atoms with Crippen LogP contribution < -0.4 is 0 Å². The number of azide groups is 1. The van der Waals surface area contributed by atoms with Crippen molar-refractivity contribution in [3.05, 3.63) is 22.8 Å². The molecule has 0 aliphatic carbocycles. The van der Waals surface area contributed by atoms with Crippen LogP contribution >= 0.6 is 0 Å². The van der Waals surface area contributed by atoms with E-state index in [1.54, 1.807) is 6.92 Å². The second-order valence-corrected chi connectivity index (χ2v) is 2.65. The average molecular weight is 155 g/mol. The Labute approximate surface area is 63.9 Å². The zero-order valence-electron chi connectivity index (χ0n) is 6.14. The number of aliphatic hydroxyl groups is 1. The molecule has 0 aromatic heterocycles. The molecule has 5 heteroatoms. The molecule has 2 atom stereocenters. The monoisotopic (exact) mass is 155 g/mol. The first-order valence-electron chi connectivity index (χ1n) is 3.22. The SMILES string of the molecule is CC1(O)COC=CC1N=[N+]=[N-]. The van der Waals surface area contributed by atoms with Gasteiger partial charge in [-0.25, -0.2) is 0 Å². The zero-order valence-corrected chi connectivity index (χ0v) is 6.14. The van der Waals surface area contributed by atoms with Crippen LogP contribution in [0.2, 0.25) is 0 Å². The van der Waals surface area contributed by atoms with Crippen molar-refractivity contribution in [3.8, 4) is 0 Å². The lowest BCUT2D eigenvalue weighted by Crippen LogP contribution is -2.42. The van der Waals surface area contributed by atoms with Gasteiger partial charge in [0.1, 0.15) is 12.2 Å². The minimum Gasteiger partial charge on any atom is -0.499 e. The molecule has 1 aliphatic heterocycles. The van der Waals surface area contributed by atoms with Gasteiger partial charge in [-0.15, -0.1) is 0 Å². The predicted octanol–water partition coefficient (Wildman–Crippen LogP) is 0.960. The van der Waals surface area contributed by atoms with Gasteiger partial charge in [-0.3, -0.25) is 0 Å². The molecule has 60 valence electrons. The van der Waals surface area contributed by atoms with Gasteiger partial charge in [-0.1, -0.05) is 5.11 Å². The summed E-state index contributed by atoms with van der Waals surface area (Å²) in [5, 5.41) is 12.9. The average Bonchev–Trinajstić information content (AvgIpc) is 1.94. The number of hydrogen-bond donors (Lipinski definition) is 1. The summed E-state index contributed by atoms with van der Waals surface area (Å²) in [5.41, 5.74) is 7.04. The Hall–Kier alpha value is -1.19. The highest BCUT2D eigenvalue weighted by molar-refractivity contribution is 5.04. The smallest absolute Gasteiger partial charge is 0.116 e. The van der Waals surface area contributed by atoms with Crippen LogP contribution in [0.25, 0.3) is 10.4 Å². The first-order chi connectivity index (χ1) is 5.17. The normalized spacial score (nSPS) is 35.6. The summed E-state index contributed by atoms with van der Waals surface area (Å²) in [7, 11) is 0. The van der Waals surface area contributed by atoms with Crippen LogP contribution in [0, 0.1) is 0 Å². The standard InChI is InChI=1S/C6H9N3O2/c1-6(10)4-11-3-2-5(6)8-9-7/h2-3,5,10H,4H2,1H3. The van der Waals surface area contributed by atoms with Gasteiger partial charge in [0.05, 0.1) is 12.3 Å². The minimum absolute atomic E-state index is 0.160. The van der Waals surface area contributed by atoms with E-state index >= 15 is 0 Å². The highest BCUT2D eigenvalue weighted by Crippen LogP contribution is 2.19. The highest BCUT2D eigenvalue weighted by atomic mass is 16.5. The van der Waals surface area contributed by atoms with E-state index in [-0.39, 0.29) is 6.61 Å². The van der Waals surface area contributed by atoms with Crippen LogP contribution in [-0.2, 0) is 4.74 Å². The fourth-order valence-corrected chi connectivity index (χ4v) is 0.858.